The molecule has 0 atom stereocenters. The first-order valence-corrected chi connectivity index (χ1v) is 10.2. The number of hydrogen-bond donors (Lipinski definition) is 0. The Hall–Kier alpha value is 0.507. The third-order valence-electron chi connectivity index (χ3n) is 5.30. The van der Waals surface area contributed by atoms with Gasteiger partial charge in [-0.2, -0.15) is 11.1 Å². The average Bonchev–Trinajstić information content (AvgIpc) is 1.98. The van der Waals surface area contributed by atoms with Crippen molar-refractivity contribution in [3.8, 4) is 0 Å². The van der Waals surface area contributed by atoms with Gasteiger partial charge in [0.15, 0.2) is 7.38 Å². The van der Waals surface area contributed by atoms with Crippen LogP contribution in [0.1, 0.15) is 38.5 Å². The highest BCUT2D eigenvalue weighted by atomic mass is 35.6. The molecule has 0 saturated heterocycles. The van der Waals surface area contributed by atoms with Gasteiger partial charge in [0.1, 0.15) is 0 Å². The van der Waals surface area contributed by atoms with Gasteiger partial charge in [-0.1, -0.05) is 13.1 Å². The molecule has 0 N–H and O–H groups in total. The van der Waals surface area contributed by atoms with Gasteiger partial charge in [-0.3, -0.25) is 0 Å². The zero-order valence-corrected chi connectivity index (χ0v) is 11.1. The van der Waals surface area contributed by atoms with Crippen molar-refractivity contribution in [1.82, 2.24) is 0 Å². The van der Waals surface area contributed by atoms with Crippen LogP contribution in [0.15, 0.2) is 0 Å². The van der Waals surface area contributed by atoms with E-state index in [1.807, 2.05) is 0 Å². The normalized spacial score (nSPS) is 51.2. The maximum Gasteiger partial charge on any atom is 0.156 e. The largest absolute Gasteiger partial charge is 0.167 e. The van der Waals surface area contributed by atoms with Crippen LogP contribution in [0.2, 0.25) is 18.1 Å². The van der Waals surface area contributed by atoms with Gasteiger partial charge >= 0.3 is 0 Å². The van der Waals surface area contributed by atoms with Gasteiger partial charge < -0.3 is 0 Å². The molecule has 0 aromatic heterocycles. The Kier molecular flexibility index (Phi) is 1.94. The lowest BCUT2D eigenvalue weighted by Crippen LogP contribution is -2.51. The fourth-order valence-corrected chi connectivity index (χ4v) is 7.86. The van der Waals surface area contributed by atoms with Crippen LogP contribution in [-0.2, 0) is 0 Å². The Morgan fingerprint density at radius 1 is 0.929 bits per heavy atom. The summed E-state index contributed by atoms with van der Waals surface area (Å²) in [5, 5.41) is 0.642. The summed E-state index contributed by atoms with van der Waals surface area (Å²) in [6, 6.07) is 0. The fraction of sp³-hybridized carbons (Fsp3) is 1.00. The quantitative estimate of drug-likeness (QED) is 0.461. The molecule has 2 heteroatoms. The van der Waals surface area contributed by atoms with Gasteiger partial charge in [0.2, 0.25) is 0 Å². The molecule has 0 aliphatic heterocycles. The molecule has 4 rings (SSSR count). The van der Waals surface area contributed by atoms with E-state index in [-0.39, 0.29) is 0 Å². The lowest BCUT2D eigenvalue weighted by atomic mass is 9.56. The first-order valence-electron chi connectivity index (χ1n) is 6.17. The average molecular weight is 229 g/mol. The molecular weight excluding hydrogens is 208 g/mol. The van der Waals surface area contributed by atoms with Crippen LogP contribution >= 0.6 is 11.1 Å². The molecule has 0 aromatic carbocycles. The van der Waals surface area contributed by atoms with Gasteiger partial charge in [0, 0.05) is 0 Å². The maximum absolute atomic E-state index is 6.79. The predicted molar refractivity (Wildman–Crippen MR) is 64.2 cm³/mol. The number of rotatable bonds is 1. The Balaban J connectivity index is 1.95. The van der Waals surface area contributed by atoms with Crippen LogP contribution in [0.5, 0.6) is 0 Å². The molecule has 0 aromatic rings. The molecule has 4 fully saturated rings. The Labute approximate surface area is 93.1 Å². The highest BCUT2D eigenvalue weighted by Crippen LogP contribution is 2.68. The molecule has 0 amide bonds. The minimum absolute atomic E-state index is 0.642. The second kappa shape index (κ2) is 2.79. The molecule has 0 nitrogen and oxygen atoms in total. The summed E-state index contributed by atoms with van der Waals surface area (Å²) in [5.41, 5.74) is 0. The van der Waals surface area contributed by atoms with Crippen LogP contribution in [-0.4, -0.2) is 7.38 Å². The minimum Gasteiger partial charge on any atom is -0.167 e. The van der Waals surface area contributed by atoms with Crippen LogP contribution in [0.25, 0.3) is 0 Å². The lowest BCUT2D eigenvalue weighted by Gasteiger charge is -2.60. The van der Waals surface area contributed by atoms with E-state index in [4.69, 9.17) is 11.1 Å². The standard InChI is InChI=1S/C12H21ClSi/c1-14(2,13)12-6-9-3-10(7-12)5-11(4-9)8-12/h9-11H,3-8H2,1-2H3. The van der Waals surface area contributed by atoms with Crippen molar-refractivity contribution < 1.29 is 0 Å². The van der Waals surface area contributed by atoms with E-state index in [1.165, 1.54) is 19.3 Å². The van der Waals surface area contributed by atoms with Crippen molar-refractivity contribution in [2.24, 2.45) is 17.8 Å². The van der Waals surface area contributed by atoms with E-state index in [2.05, 4.69) is 13.1 Å². The van der Waals surface area contributed by atoms with Crippen LogP contribution in [0, 0.1) is 17.8 Å². The summed E-state index contributed by atoms with van der Waals surface area (Å²) in [7, 11) is -1.44. The SMILES string of the molecule is C[Si](C)(Cl)C12CC3CC(CC(C3)C1)C2. The van der Waals surface area contributed by atoms with Crippen LogP contribution < -0.4 is 0 Å². The van der Waals surface area contributed by atoms with Crippen LogP contribution in [0.4, 0.5) is 0 Å². The van der Waals surface area contributed by atoms with Gasteiger partial charge in [-0.15, -0.1) is 0 Å². The van der Waals surface area contributed by atoms with Crippen molar-refractivity contribution in [3.05, 3.63) is 0 Å². The van der Waals surface area contributed by atoms with E-state index in [9.17, 15) is 0 Å². The lowest BCUT2D eigenvalue weighted by molar-refractivity contribution is 0.0263. The molecule has 80 valence electrons. The van der Waals surface area contributed by atoms with E-state index >= 15 is 0 Å². The molecule has 0 unspecified atom stereocenters. The Bertz CT molecular complexity index is 218. The maximum atomic E-state index is 6.79. The summed E-state index contributed by atoms with van der Waals surface area (Å²) in [6.07, 6.45) is 9.09. The molecule has 4 saturated carbocycles. The molecule has 4 aliphatic rings. The summed E-state index contributed by atoms with van der Waals surface area (Å²) in [6.45, 7) is 4.78. The first-order chi connectivity index (χ1) is 6.48. The highest BCUT2D eigenvalue weighted by molar-refractivity contribution is 7.20. The summed E-state index contributed by atoms with van der Waals surface area (Å²) < 4.78 is 0. The zero-order valence-electron chi connectivity index (χ0n) is 9.35. The van der Waals surface area contributed by atoms with Crippen molar-refractivity contribution in [3.63, 3.8) is 0 Å². The number of halogens is 1. The topological polar surface area (TPSA) is 0 Å². The molecule has 0 spiro atoms. The molecular formula is C12H21ClSi. The van der Waals surface area contributed by atoms with Gasteiger partial charge in [0.05, 0.1) is 0 Å². The summed E-state index contributed by atoms with van der Waals surface area (Å²) in [4.78, 5) is 0. The molecule has 4 aliphatic carbocycles. The number of hydrogen-bond acceptors (Lipinski definition) is 0. The van der Waals surface area contributed by atoms with Crippen molar-refractivity contribution in [2.45, 2.75) is 56.7 Å². The summed E-state index contributed by atoms with van der Waals surface area (Å²) in [5.74, 6) is 3.19. The van der Waals surface area contributed by atoms with E-state index in [0.29, 0.717) is 5.04 Å². The first kappa shape index (κ1) is 9.71. The smallest absolute Gasteiger partial charge is 0.156 e. The Morgan fingerprint density at radius 2 is 1.29 bits per heavy atom. The van der Waals surface area contributed by atoms with Gasteiger partial charge in [0.25, 0.3) is 0 Å². The van der Waals surface area contributed by atoms with Gasteiger partial charge in [-0.05, 0) is 61.3 Å². The predicted octanol–water partition coefficient (Wildman–Crippen LogP) is 4.40. The second-order valence-electron chi connectivity index (χ2n) is 6.67. The van der Waals surface area contributed by atoms with E-state index in [0.717, 1.165) is 17.8 Å². The zero-order chi connectivity index (χ0) is 9.97. The molecule has 0 radical (unpaired) electrons. The molecule has 4 bridgehead atoms. The monoisotopic (exact) mass is 228 g/mol. The van der Waals surface area contributed by atoms with Crippen molar-refractivity contribution in [2.75, 3.05) is 0 Å². The molecule has 14 heavy (non-hydrogen) atoms. The summed E-state index contributed by atoms with van der Waals surface area (Å²) >= 11 is 6.79. The van der Waals surface area contributed by atoms with E-state index in [1.54, 1.807) is 19.3 Å². The fourth-order valence-electron chi connectivity index (χ4n) is 4.84. The van der Waals surface area contributed by atoms with Crippen LogP contribution in [0.3, 0.4) is 0 Å². The molecule has 0 heterocycles. The third kappa shape index (κ3) is 1.24. The van der Waals surface area contributed by atoms with Gasteiger partial charge in [-0.25, -0.2) is 0 Å². The van der Waals surface area contributed by atoms with E-state index < -0.39 is 7.38 Å². The third-order valence-corrected chi connectivity index (χ3v) is 9.64. The highest BCUT2D eigenvalue weighted by Gasteiger charge is 2.57. The van der Waals surface area contributed by atoms with Crippen molar-refractivity contribution >= 4 is 18.5 Å². The minimum atomic E-state index is -1.44. The Morgan fingerprint density at radius 3 is 1.57 bits per heavy atom. The van der Waals surface area contributed by atoms with Crippen molar-refractivity contribution in [1.29, 1.82) is 0 Å². The second-order valence-corrected chi connectivity index (χ2v) is 13.5.